The molecule has 49 heavy (non-hydrogen) atoms. The number of hydrogen-bond acceptors (Lipinski definition) is 3. The van der Waals surface area contributed by atoms with Gasteiger partial charge in [-0.25, -0.2) is 9.67 Å². The lowest BCUT2D eigenvalue weighted by Gasteiger charge is -2.13. The third-order valence-corrected chi connectivity index (χ3v) is 9.80. The van der Waals surface area contributed by atoms with Crippen LogP contribution >= 0.6 is 0 Å². The SMILES string of the molecule is CCCCCC(C)c1ccc2c(c1)c1ccc(Oc3cccc(-n4nc(C)c(-c5ccccc5)c4C)c3)cc1n2-c1cc(CCC)ccn1. The summed E-state index contributed by atoms with van der Waals surface area (Å²) in [7, 11) is 0. The van der Waals surface area contributed by atoms with E-state index < -0.39 is 0 Å². The molecular formula is C44H46N4O. The van der Waals surface area contributed by atoms with Gasteiger partial charge in [0.1, 0.15) is 17.3 Å². The number of hydrogen-bond donors (Lipinski definition) is 0. The minimum Gasteiger partial charge on any atom is -0.457 e. The molecule has 3 aromatic heterocycles. The van der Waals surface area contributed by atoms with Crippen LogP contribution in [0.5, 0.6) is 11.5 Å². The topological polar surface area (TPSA) is 44.9 Å². The maximum Gasteiger partial charge on any atom is 0.137 e. The molecule has 5 heteroatoms. The monoisotopic (exact) mass is 646 g/mol. The molecule has 0 saturated carbocycles. The van der Waals surface area contributed by atoms with Crippen LogP contribution in [-0.2, 0) is 6.42 Å². The highest BCUT2D eigenvalue weighted by Gasteiger charge is 2.18. The fourth-order valence-electron chi connectivity index (χ4n) is 7.26. The number of fused-ring (bicyclic) bond motifs is 3. The Bertz CT molecular complexity index is 2230. The van der Waals surface area contributed by atoms with Crippen LogP contribution in [0.15, 0.2) is 109 Å². The Balaban J connectivity index is 1.28. The number of ether oxygens (including phenoxy) is 1. The second kappa shape index (κ2) is 14.1. The molecule has 0 aliphatic carbocycles. The highest BCUT2D eigenvalue weighted by Crippen LogP contribution is 2.38. The van der Waals surface area contributed by atoms with Crippen molar-refractivity contribution in [2.45, 2.75) is 79.1 Å². The van der Waals surface area contributed by atoms with Gasteiger partial charge in [-0.2, -0.15) is 5.10 Å². The van der Waals surface area contributed by atoms with Gasteiger partial charge in [0.25, 0.3) is 0 Å². The van der Waals surface area contributed by atoms with Gasteiger partial charge in [-0.15, -0.1) is 0 Å². The first kappa shape index (κ1) is 32.4. The molecular weight excluding hydrogens is 601 g/mol. The summed E-state index contributed by atoms with van der Waals surface area (Å²) >= 11 is 0. The maximum atomic E-state index is 6.60. The van der Waals surface area contributed by atoms with Crippen LogP contribution in [0.25, 0.3) is 44.4 Å². The van der Waals surface area contributed by atoms with Gasteiger partial charge in [0.05, 0.1) is 22.4 Å². The van der Waals surface area contributed by atoms with Gasteiger partial charge < -0.3 is 4.74 Å². The number of pyridine rings is 1. The molecule has 0 aliphatic heterocycles. The number of aromatic nitrogens is 4. The van der Waals surface area contributed by atoms with E-state index in [0.29, 0.717) is 5.92 Å². The largest absolute Gasteiger partial charge is 0.457 e. The highest BCUT2D eigenvalue weighted by molar-refractivity contribution is 6.09. The molecule has 4 aromatic carbocycles. The average molecular weight is 647 g/mol. The van der Waals surface area contributed by atoms with Crippen LogP contribution in [-0.4, -0.2) is 19.3 Å². The molecule has 0 aliphatic rings. The van der Waals surface area contributed by atoms with Crippen molar-refractivity contribution in [3.8, 4) is 34.1 Å². The standard InChI is InChI=1S/C44H46N4O/c1-6-8-10-15-30(3)35-20-23-41-40(27-35)39-22-21-38(29-42(39)47(41)43-26-33(14-7-2)24-25-45-43)49-37-19-13-18-36(28-37)48-32(5)44(31(4)46-48)34-16-11-9-12-17-34/h9,11-13,16-30H,6-8,10,14-15H2,1-5H3. The summed E-state index contributed by atoms with van der Waals surface area (Å²) in [6.07, 6.45) is 9.07. The number of aryl methyl sites for hydroxylation is 2. The van der Waals surface area contributed by atoms with Gasteiger partial charge in [-0.05, 0) is 97.8 Å². The maximum absolute atomic E-state index is 6.60. The lowest BCUT2D eigenvalue weighted by atomic mass is 9.94. The van der Waals surface area contributed by atoms with Crippen LogP contribution in [0.4, 0.5) is 0 Å². The summed E-state index contributed by atoms with van der Waals surface area (Å²) < 4.78 is 10.9. The lowest BCUT2D eigenvalue weighted by molar-refractivity contribution is 0.482. The Hall–Kier alpha value is -5.16. The second-order valence-corrected chi connectivity index (χ2v) is 13.4. The summed E-state index contributed by atoms with van der Waals surface area (Å²) in [5, 5.41) is 7.39. The summed E-state index contributed by atoms with van der Waals surface area (Å²) in [4.78, 5) is 4.88. The molecule has 0 saturated heterocycles. The van der Waals surface area contributed by atoms with Crippen molar-refractivity contribution >= 4 is 21.8 Å². The predicted molar refractivity (Wildman–Crippen MR) is 204 cm³/mol. The number of unbranched alkanes of at least 4 members (excludes halogenated alkanes) is 2. The van der Waals surface area contributed by atoms with E-state index in [1.165, 1.54) is 64.2 Å². The van der Waals surface area contributed by atoms with Crippen molar-refractivity contribution in [1.29, 1.82) is 0 Å². The molecule has 248 valence electrons. The van der Waals surface area contributed by atoms with Crippen molar-refractivity contribution < 1.29 is 4.74 Å². The number of rotatable bonds is 12. The Labute approximate surface area is 290 Å². The minimum atomic E-state index is 0.515. The molecule has 7 rings (SSSR count). The lowest BCUT2D eigenvalue weighted by Crippen LogP contribution is -2.00. The van der Waals surface area contributed by atoms with Gasteiger partial charge in [-0.3, -0.25) is 4.57 Å². The quantitative estimate of drug-likeness (QED) is 0.124. The van der Waals surface area contributed by atoms with E-state index in [-0.39, 0.29) is 0 Å². The molecule has 1 atom stereocenters. The van der Waals surface area contributed by atoms with Crippen LogP contribution < -0.4 is 4.74 Å². The predicted octanol–water partition coefficient (Wildman–Crippen LogP) is 12.1. The van der Waals surface area contributed by atoms with E-state index in [1.807, 2.05) is 29.1 Å². The van der Waals surface area contributed by atoms with E-state index in [1.54, 1.807) is 0 Å². The molecule has 5 nitrogen and oxygen atoms in total. The number of benzene rings is 4. The summed E-state index contributed by atoms with van der Waals surface area (Å²) in [5.74, 6) is 3.00. The summed E-state index contributed by atoms with van der Waals surface area (Å²) in [6.45, 7) is 11.1. The molecule has 3 heterocycles. The highest BCUT2D eigenvalue weighted by atomic mass is 16.5. The zero-order valence-corrected chi connectivity index (χ0v) is 29.4. The molecule has 0 spiro atoms. The zero-order valence-electron chi connectivity index (χ0n) is 29.4. The third-order valence-electron chi connectivity index (χ3n) is 9.80. The molecule has 7 aromatic rings. The van der Waals surface area contributed by atoms with Crippen LogP contribution in [0.3, 0.4) is 0 Å². The Kier molecular flexibility index (Phi) is 9.34. The second-order valence-electron chi connectivity index (χ2n) is 13.4. The zero-order chi connectivity index (χ0) is 33.9. The molecule has 0 N–H and O–H groups in total. The first-order valence-electron chi connectivity index (χ1n) is 17.9. The number of nitrogens with zero attached hydrogens (tertiary/aromatic N) is 4. The van der Waals surface area contributed by atoms with Crippen LogP contribution in [0.1, 0.15) is 81.3 Å². The first-order chi connectivity index (χ1) is 23.9. The summed E-state index contributed by atoms with van der Waals surface area (Å²) in [6, 6.07) is 36.5. The van der Waals surface area contributed by atoms with Crippen molar-refractivity contribution in [2.24, 2.45) is 0 Å². The van der Waals surface area contributed by atoms with Gasteiger partial charge >= 0.3 is 0 Å². The van der Waals surface area contributed by atoms with Gasteiger partial charge in [-0.1, -0.05) is 88.9 Å². The molecule has 0 radical (unpaired) electrons. The molecule has 1 unspecified atom stereocenters. The molecule has 0 fully saturated rings. The molecule has 0 bridgehead atoms. The van der Waals surface area contributed by atoms with Crippen LogP contribution in [0.2, 0.25) is 0 Å². The van der Waals surface area contributed by atoms with Crippen molar-refractivity contribution in [2.75, 3.05) is 0 Å². The van der Waals surface area contributed by atoms with Gasteiger partial charge in [0.15, 0.2) is 0 Å². The Morgan fingerprint density at radius 1 is 0.735 bits per heavy atom. The van der Waals surface area contributed by atoms with E-state index in [2.05, 4.69) is 124 Å². The minimum absolute atomic E-state index is 0.515. The summed E-state index contributed by atoms with van der Waals surface area (Å²) in [5.41, 5.74) is 10.4. The Morgan fingerprint density at radius 2 is 1.57 bits per heavy atom. The van der Waals surface area contributed by atoms with Crippen molar-refractivity contribution in [3.05, 3.63) is 132 Å². The fraction of sp³-hybridized carbons (Fsp3) is 0.273. The smallest absolute Gasteiger partial charge is 0.137 e. The van der Waals surface area contributed by atoms with Crippen molar-refractivity contribution in [1.82, 2.24) is 19.3 Å². The average Bonchev–Trinajstić information content (AvgIpc) is 3.61. The van der Waals surface area contributed by atoms with Crippen LogP contribution in [0, 0.1) is 13.8 Å². The first-order valence-corrected chi connectivity index (χ1v) is 17.9. The molecule has 0 amide bonds. The van der Waals surface area contributed by atoms with E-state index in [9.17, 15) is 0 Å². The van der Waals surface area contributed by atoms with E-state index in [4.69, 9.17) is 14.8 Å². The fourth-order valence-corrected chi connectivity index (χ4v) is 7.26. The van der Waals surface area contributed by atoms with E-state index in [0.717, 1.165) is 52.8 Å². The normalized spacial score (nSPS) is 12.2. The third kappa shape index (κ3) is 6.50. The van der Waals surface area contributed by atoms with Gasteiger partial charge in [0, 0.05) is 40.4 Å². The Morgan fingerprint density at radius 3 is 2.39 bits per heavy atom. The van der Waals surface area contributed by atoms with Gasteiger partial charge in [0.2, 0.25) is 0 Å². The van der Waals surface area contributed by atoms with Crippen molar-refractivity contribution in [3.63, 3.8) is 0 Å². The van der Waals surface area contributed by atoms with E-state index >= 15 is 0 Å².